The highest BCUT2D eigenvalue weighted by Crippen LogP contribution is 2.25. The molecule has 4 rings (SSSR count). The maximum Gasteiger partial charge on any atom is 0.257 e. The van der Waals surface area contributed by atoms with Crippen molar-refractivity contribution in [3.05, 3.63) is 89.9 Å². The first-order valence-electron chi connectivity index (χ1n) is 10.1. The molecule has 0 fully saturated rings. The second kappa shape index (κ2) is 8.37. The molecule has 0 N–H and O–H groups in total. The van der Waals surface area contributed by atoms with Gasteiger partial charge in [0.15, 0.2) is 0 Å². The molecule has 2 aromatic carbocycles. The van der Waals surface area contributed by atoms with Crippen molar-refractivity contribution in [3.63, 3.8) is 0 Å². The summed E-state index contributed by atoms with van der Waals surface area (Å²) in [6, 6.07) is 19.7. The summed E-state index contributed by atoms with van der Waals surface area (Å²) in [4.78, 5) is 15.1. The zero-order chi connectivity index (χ0) is 21.1. The van der Waals surface area contributed by atoms with Gasteiger partial charge in [0.2, 0.25) is 0 Å². The van der Waals surface area contributed by atoms with Crippen molar-refractivity contribution in [1.29, 1.82) is 0 Å². The van der Waals surface area contributed by atoms with Crippen LogP contribution in [0.1, 0.15) is 28.5 Å². The third-order valence-corrected chi connectivity index (χ3v) is 5.27. The van der Waals surface area contributed by atoms with Crippen LogP contribution in [0.15, 0.2) is 73.1 Å². The van der Waals surface area contributed by atoms with Crippen LogP contribution in [-0.4, -0.2) is 37.4 Å². The minimum atomic E-state index is -0.0697. The molecule has 4 aromatic rings. The summed E-state index contributed by atoms with van der Waals surface area (Å²) in [5, 5.41) is 9.14. The molecule has 1 amide bonds. The Bertz CT molecular complexity index is 1150. The molecule has 152 valence electrons. The van der Waals surface area contributed by atoms with Crippen molar-refractivity contribution in [3.8, 4) is 16.9 Å². The van der Waals surface area contributed by atoms with Crippen LogP contribution in [0, 0.1) is 6.92 Å². The van der Waals surface area contributed by atoms with Crippen molar-refractivity contribution in [2.45, 2.75) is 26.9 Å². The van der Waals surface area contributed by atoms with Crippen molar-refractivity contribution in [2.24, 2.45) is 0 Å². The summed E-state index contributed by atoms with van der Waals surface area (Å²) in [7, 11) is 1.82. The molecule has 2 heterocycles. The first-order valence-corrected chi connectivity index (χ1v) is 10.1. The number of hydrogen-bond acceptors (Lipinski definition) is 3. The van der Waals surface area contributed by atoms with Gasteiger partial charge in [-0.05, 0) is 26.0 Å². The van der Waals surface area contributed by atoms with Gasteiger partial charge in [-0.15, -0.1) is 0 Å². The second-order valence-electron chi connectivity index (χ2n) is 7.27. The Kier molecular flexibility index (Phi) is 5.48. The Morgan fingerprint density at radius 2 is 1.70 bits per heavy atom. The molecular formula is C24H25N5O. The van der Waals surface area contributed by atoms with Crippen LogP contribution in [0.4, 0.5) is 0 Å². The van der Waals surface area contributed by atoms with Gasteiger partial charge in [-0.25, -0.2) is 4.68 Å². The van der Waals surface area contributed by atoms with E-state index in [2.05, 4.69) is 12.0 Å². The van der Waals surface area contributed by atoms with E-state index in [0.29, 0.717) is 17.8 Å². The highest BCUT2D eigenvalue weighted by molar-refractivity contribution is 5.99. The number of carbonyl (C=O) groups excluding carboxylic acids is 1. The Hall–Kier alpha value is -3.67. The van der Waals surface area contributed by atoms with Crippen LogP contribution in [0.3, 0.4) is 0 Å². The van der Waals surface area contributed by atoms with E-state index in [1.54, 1.807) is 9.58 Å². The average molecular weight is 399 g/mol. The van der Waals surface area contributed by atoms with Crippen LogP contribution >= 0.6 is 0 Å². The second-order valence-corrected chi connectivity index (χ2v) is 7.27. The summed E-state index contributed by atoms with van der Waals surface area (Å²) in [6.07, 6.45) is 3.66. The molecule has 0 saturated carbocycles. The Morgan fingerprint density at radius 1 is 1.03 bits per heavy atom. The first kappa shape index (κ1) is 19.6. The lowest BCUT2D eigenvalue weighted by Crippen LogP contribution is -2.26. The van der Waals surface area contributed by atoms with Crippen molar-refractivity contribution >= 4 is 5.91 Å². The number of hydrogen-bond donors (Lipinski definition) is 0. The number of para-hydroxylation sites is 1. The number of carbonyl (C=O) groups is 1. The fraction of sp³-hybridized carbons (Fsp3) is 0.208. The summed E-state index contributed by atoms with van der Waals surface area (Å²) >= 11 is 0. The quantitative estimate of drug-likeness (QED) is 0.485. The van der Waals surface area contributed by atoms with Crippen LogP contribution < -0.4 is 0 Å². The van der Waals surface area contributed by atoms with Gasteiger partial charge in [0.05, 0.1) is 17.4 Å². The molecule has 0 saturated heterocycles. The zero-order valence-corrected chi connectivity index (χ0v) is 17.5. The number of nitrogens with zero attached hydrogens (tertiary/aromatic N) is 5. The summed E-state index contributed by atoms with van der Waals surface area (Å²) in [5.41, 5.74) is 5.21. The molecule has 0 atom stereocenters. The van der Waals surface area contributed by atoms with E-state index in [1.807, 2.05) is 91.7 Å². The molecule has 6 heteroatoms. The molecule has 0 unspecified atom stereocenters. The number of aromatic nitrogens is 4. The molecule has 0 radical (unpaired) electrons. The zero-order valence-electron chi connectivity index (χ0n) is 17.5. The smallest absolute Gasteiger partial charge is 0.257 e. The van der Waals surface area contributed by atoms with Gasteiger partial charge in [0.25, 0.3) is 5.91 Å². The van der Waals surface area contributed by atoms with Gasteiger partial charge in [-0.1, -0.05) is 48.5 Å². The topological polar surface area (TPSA) is 56.0 Å². The number of amides is 1. The molecule has 0 aliphatic rings. The minimum Gasteiger partial charge on any atom is -0.337 e. The standard InChI is InChI=1S/C24H25N5O/c1-4-28-18(2)20(15-25-28)16-27(3)24(30)22-17-29(21-13-9-6-10-14-21)26-23(22)19-11-7-5-8-12-19/h5-15,17H,4,16H2,1-3H3. The molecule has 0 aliphatic heterocycles. The Morgan fingerprint density at radius 3 is 2.33 bits per heavy atom. The fourth-order valence-corrected chi connectivity index (χ4v) is 3.54. The Balaban J connectivity index is 1.70. The van der Waals surface area contributed by atoms with E-state index in [0.717, 1.165) is 29.1 Å². The number of rotatable bonds is 6. The Labute approximate surface area is 176 Å². The largest absolute Gasteiger partial charge is 0.337 e. The van der Waals surface area contributed by atoms with E-state index in [9.17, 15) is 4.79 Å². The van der Waals surface area contributed by atoms with Gasteiger partial charge in [0.1, 0.15) is 5.69 Å². The van der Waals surface area contributed by atoms with E-state index < -0.39 is 0 Å². The van der Waals surface area contributed by atoms with E-state index in [1.165, 1.54) is 0 Å². The molecule has 0 aliphatic carbocycles. The van der Waals surface area contributed by atoms with Crippen molar-refractivity contribution in [2.75, 3.05) is 7.05 Å². The summed E-state index contributed by atoms with van der Waals surface area (Å²) < 4.78 is 3.71. The SMILES string of the molecule is CCn1ncc(CN(C)C(=O)c2cn(-c3ccccc3)nc2-c2ccccc2)c1C. The summed E-state index contributed by atoms with van der Waals surface area (Å²) in [6.45, 7) is 5.40. The number of aryl methyl sites for hydroxylation is 1. The lowest BCUT2D eigenvalue weighted by atomic mass is 10.1. The molecule has 2 aromatic heterocycles. The van der Waals surface area contributed by atoms with Gasteiger partial charge >= 0.3 is 0 Å². The molecule has 0 bridgehead atoms. The predicted octanol–water partition coefficient (Wildman–Crippen LogP) is 4.34. The maximum absolute atomic E-state index is 13.4. The van der Waals surface area contributed by atoms with Crippen LogP contribution in [0.5, 0.6) is 0 Å². The molecular weight excluding hydrogens is 374 g/mol. The predicted molar refractivity (Wildman–Crippen MR) is 117 cm³/mol. The van der Waals surface area contributed by atoms with Crippen molar-refractivity contribution in [1.82, 2.24) is 24.5 Å². The lowest BCUT2D eigenvalue weighted by Gasteiger charge is -2.17. The fourth-order valence-electron chi connectivity index (χ4n) is 3.54. The van der Waals surface area contributed by atoms with Crippen LogP contribution in [0.2, 0.25) is 0 Å². The maximum atomic E-state index is 13.4. The van der Waals surface area contributed by atoms with Gasteiger partial charge in [0, 0.05) is 43.2 Å². The highest BCUT2D eigenvalue weighted by atomic mass is 16.2. The van der Waals surface area contributed by atoms with Gasteiger partial charge < -0.3 is 4.90 Å². The normalized spacial score (nSPS) is 10.9. The molecule has 30 heavy (non-hydrogen) atoms. The van der Waals surface area contributed by atoms with Gasteiger partial charge in [-0.2, -0.15) is 10.2 Å². The van der Waals surface area contributed by atoms with Crippen molar-refractivity contribution < 1.29 is 4.79 Å². The molecule has 0 spiro atoms. The third kappa shape index (κ3) is 3.76. The monoisotopic (exact) mass is 399 g/mol. The van der Waals surface area contributed by atoms with E-state index in [-0.39, 0.29) is 5.91 Å². The highest BCUT2D eigenvalue weighted by Gasteiger charge is 2.22. The first-order chi connectivity index (χ1) is 14.6. The average Bonchev–Trinajstić information content (AvgIpc) is 3.38. The lowest BCUT2D eigenvalue weighted by molar-refractivity contribution is 0.0785. The minimum absolute atomic E-state index is 0.0697. The molecule has 6 nitrogen and oxygen atoms in total. The van der Waals surface area contributed by atoms with E-state index >= 15 is 0 Å². The van der Waals surface area contributed by atoms with Crippen LogP contribution in [-0.2, 0) is 13.1 Å². The summed E-state index contributed by atoms with van der Waals surface area (Å²) in [5.74, 6) is -0.0697. The third-order valence-electron chi connectivity index (χ3n) is 5.27. The van der Waals surface area contributed by atoms with Gasteiger partial charge in [-0.3, -0.25) is 9.48 Å². The van der Waals surface area contributed by atoms with E-state index in [4.69, 9.17) is 5.10 Å². The van der Waals surface area contributed by atoms with Crippen LogP contribution in [0.25, 0.3) is 16.9 Å². The number of benzene rings is 2.